The Labute approximate surface area is 267 Å². The zero-order valence-electron chi connectivity index (χ0n) is 25.8. The maximum absolute atomic E-state index is 11.4. The number of hydrogen-bond acceptors (Lipinski definition) is 8. The topological polar surface area (TPSA) is 105 Å². The van der Waals surface area contributed by atoms with Crippen molar-refractivity contribution in [1.82, 2.24) is 0 Å². The summed E-state index contributed by atoms with van der Waals surface area (Å²) in [6, 6.07) is 32.9. The van der Waals surface area contributed by atoms with Crippen molar-refractivity contribution in [3.63, 3.8) is 0 Å². The second kappa shape index (κ2) is 15.6. The maximum atomic E-state index is 11.4. The zero-order chi connectivity index (χ0) is 32.4. The molecule has 9 heteroatoms. The molecule has 0 radical (unpaired) electrons. The van der Waals surface area contributed by atoms with Crippen LogP contribution in [0.2, 0.25) is 0 Å². The molecule has 4 aromatic carbocycles. The van der Waals surface area contributed by atoms with E-state index < -0.39 is 21.2 Å². The molecule has 0 saturated heterocycles. The summed E-state index contributed by atoms with van der Waals surface area (Å²) in [6.45, 7) is 6.27. The molecule has 0 atom stereocenters. The average molecular weight is 804 g/mol. The van der Waals surface area contributed by atoms with E-state index in [9.17, 15) is 19.2 Å². The molecule has 0 aliphatic carbocycles. The average Bonchev–Trinajstić information content (AvgIpc) is 3.03. The molecular weight excluding hydrogens is 768 g/mol. The molecule has 0 aromatic heterocycles. The van der Waals surface area contributed by atoms with Gasteiger partial charge in [-0.2, -0.15) is 0 Å². The van der Waals surface area contributed by atoms with E-state index in [4.69, 9.17) is 18.9 Å². The van der Waals surface area contributed by atoms with Gasteiger partial charge in [0.2, 0.25) is 0 Å². The van der Waals surface area contributed by atoms with E-state index in [1.54, 1.807) is 0 Å². The van der Waals surface area contributed by atoms with Crippen LogP contribution in [0.3, 0.4) is 0 Å². The first-order valence-electron chi connectivity index (χ1n) is 14.5. The fraction of sp³-hybridized carbons (Fsp3) is 0.222. The van der Waals surface area contributed by atoms with Crippen molar-refractivity contribution >= 4 is 57.5 Å². The van der Waals surface area contributed by atoms with Crippen LogP contribution in [-0.2, 0) is 64.6 Å². The minimum absolute atomic E-state index is 0.181. The van der Waals surface area contributed by atoms with Crippen molar-refractivity contribution < 1.29 is 38.1 Å². The molecular formula is C36H36O8Pb. The van der Waals surface area contributed by atoms with Gasteiger partial charge in [0.15, 0.2) is 0 Å². The van der Waals surface area contributed by atoms with Gasteiger partial charge in [0.05, 0.1) is 0 Å². The van der Waals surface area contributed by atoms with E-state index in [-0.39, 0.29) is 50.3 Å². The van der Waals surface area contributed by atoms with Gasteiger partial charge in [-0.1, -0.05) is 0 Å². The van der Waals surface area contributed by atoms with Gasteiger partial charge in [-0.05, 0) is 0 Å². The Morgan fingerprint density at radius 1 is 0.378 bits per heavy atom. The zero-order valence-corrected chi connectivity index (χ0v) is 29.7. The molecule has 0 heterocycles. The molecule has 45 heavy (non-hydrogen) atoms. The van der Waals surface area contributed by atoms with Gasteiger partial charge >= 0.3 is 269 Å². The van der Waals surface area contributed by atoms with Gasteiger partial charge in [0.25, 0.3) is 0 Å². The quantitative estimate of drug-likeness (QED) is 0.122. The van der Waals surface area contributed by atoms with Gasteiger partial charge in [0.1, 0.15) is 0 Å². The van der Waals surface area contributed by atoms with Crippen LogP contribution in [0.1, 0.15) is 49.9 Å². The van der Waals surface area contributed by atoms with Crippen LogP contribution in [0.25, 0.3) is 0 Å². The monoisotopic (exact) mass is 804 g/mol. The molecule has 0 spiro atoms. The van der Waals surface area contributed by atoms with E-state index in [2.05, 4.69) is 48.5 Å². The van der Waals surface area contributed by atoms with Crippen molar-refractivity contribution in [3.8, 4) is 0 Å². The summed E-state index contributed by atoms with van der Waals surface area (Å²) in [4.78, 5) is 45.8. The van der Waals surface area contributed by atoms with Crippen LogP contribution in [0.4, 0.5) is 0 Å². The van der Waals surface area contributed by atoms with E-state index >= 15 is 0 Å². The fourth-order valence-corrected chi connectivity index (χ4v) is 23.3. The predicted molar refractivity (Wildman–Crippen MR) is 172 cm³/mol. The molecule has 0 saturated carbocycles. The summed E-state index contributed by atoms with van der Waals surface area (Å²) in [5.41, 5.74) is 3.51. The standard InChI is InChI=1S/4C9H9O2.Pb/c4*1-8(10)11-7-9-5-3-2-4-6-9;/h4*3-6H,7H2,1H3;. The number of carbonyl (C=O) groups excluding carboxylic acids is 4. The summed E-state index contributed by atoms with van der Waals surface area (Å²) < 4.78 is 25.6. The number of carbonyl (C=O) groups is 4. The normalized spacial score (nSPS) is 10.9. The van der Waals surface area contributed by atoms with Crippen LogP contribution < -0.4 is 12.5 Å². The molecule has 0 aliphatic rings. The third-order valence-corrected chi connectivity index (χ3v) is 26.0. The molecule has 4 rings (SSSR count). The third-order valence-electron chi connectivity index (χ3n) is 7.32. The number of hydrogen-bond donors (Lipinski definition) is 0. The van der Waals surface area contributed by atoms with Crippen molar-refractivity contribution in [2.45, 2.75) is 54.1 Å². The van der Waals surface area contributed by atoms with Crippen LogP contribution >= 0.6 is 0 Å². The summed E-state index contributed by atoms with van der Waals surface area (Å²) >= 11 is -4.30. The van der Waals surface area contributed by atoms with E-state index in [0.717, 1.165) is 22.3 Å². The van der Waals surface area contributed by atoms with Crippen molar-refractivity contribution in [2.75, 3.05) is 0 Å². The number of benzene rings is 4. The molecule has 4 aromatic rings. The molecule has 0 amide bonds. The second-order valence-electron chi connectivity index (χ2n) is 10.7. The number of esters is 4. The van der Waals surface area contributed by atoms with Crippen LogP contribution in [-0.4, -0.2) is 45.0 Å². The summed E-state index contributed by atoms with van der Waals surface area (Å²) in [7, 11) is 0. The molecule has 0 unspecified atom stereocenters. The second-order valence-corrected chi connectivity index (χ2v) is 25.5. The van der Waals surface area contributed by atoms with Gasteiger partial charge < -0.3 is 0 Å². The molecule has 232 valence electrons. The van der Waals surface area contributed by atoms with E-state index in [0.29, 0.717) is 0 Å². The molecule has 8 nitrogen and oxygen atoms in total. The Balaban J connectivity index is 1.91. The summed E-state index contributed by atoms with van der Waals surface area (Å²) in [5.74, 6) is -1.37. The Hall–Kier alpha value is -4.32. The van der Waals surface area contributed by atoms with Crippen molar-refractivity contribution in [3.05, 3.63) is 119 Å². The molecule has 0 bridgehead atoms. The van der Waals surface area contributed by atoms with Gasteiger partial charge in [-0.15, -0.1) is 0 Å². The predicted octanol–water partition coefficient (Wildman–Crippen LogP) is 3.32. The number of rotatable bonds is 12. The third kappa shape index (κ3) is 8.87. The van der Waals surface area contributed by atoms with Crippen LogP contribution in [0.5, 0.6) is 0 Å². The van der Waals surface area contributed by atoms with Crippen molar-refractivity contribution in [2.24, 2.45) is 0 Å². The van der Waals surface area contributed by atoms with Crippen LogP contribution in [0, 0.1) is 0 Å². The number of ether oxygens (including phenoxy) is 4. The first kappa shape index (κ1) is 33.6. The van der Waals surface area contributed by atoms with E-state index in [1.807, 2.05) is 48.5 Å². The van der Waals surface area contributed by atoms with Gasteiger partial charge in [-0.25, -0.2) is 0 Å². The summed E-state index contributed by atoms with van der Waals surface area (Å²) in [5, 5.41) is 0. The first-order chi connectivity index (χ1) is 21.6. The van der Waals surface area contributed by atoms with Gasteiger partial charge in [0, 0.05) is 0 Å². The molecule has 0 aliphatic heterocycles. The van der Waals surface area contributed by atoms with Gasteiger partial charge in [-0.3, -0.25) is 0 Å². The fourth-order valence-electron chi connectivity index (χ4n) is 5.14. The van der Waals surface area contributed by atoms with Crippen LogP contribution in [0.15, 0.2) is 97.1 Å². The first-order valence-corrected chi connectivity index (χ1v) is 22.3. The summed E-state index contributed by atoms with van der Waals surface area (Å²) in [6.07, 6.45) is 0. The van der Waals surface area contributed by atoms with Crippen molar-refractivity contribution in [1.29, 1.82) is 0 Å². The molecule has 0 fully saturated rings. The minimum atomic E-state index is -4.30. The molecule has 0 N–H and O–H groups in total. The van der Waals surface area contributed by atoms with E-state index in [1.165, 1.54) is 40.2 Å². The Morgan fingerprint density at radius 2 is 0.556 bits per heavy atom. The Kier molecular flexibility index (Phi) is 11.6. The Bertz CT molecular complexity index is 1380. The SMILES string of the molecule is CC(=O)OCc1cc[c]([Pb]([c]2ccc(COC(C)=O)cc2)([c]2ccc(COC(C)=O)cc2)[c]2ccc(COC(C)=O)cc2)cc1. The Morgan fingerprint density at radius 3 is 0.711 bits per heavy atom.